The number of likely N-dealkylation sites (tertiary alicyclic amines) is 1. The number of ketones is 1. The Kier molecular flexibility index (Phi) is 7.91. The third-order valence-electron chi connectivity index (χ3n) is 7.42. The molecule has 0 saturated carbocycles. The summed E-state index contributed by atoms with van der Waals surface area (Å²) >= 11 is 12.6. The van der Waals surface area contributed by atoms with E-state index in [4.69, 9.17) is 28.9 Å². The molecular formula is C29H31Cl2N5O. The molecular weight excluding hydrogens is 505 g/mol. The van der Waals surface area contributed by atoms with Crippen LogP contribution in [0.5, 0.6) is 0 Å². The van der Waals surface area contributed by atoms with E-state index >= 15 is 0 Å². The van der Waals surface area contributed by atoms with Gasteiger partial charge in [-0.05, 0) is 67.6 Å². The van der Waals surface area contributed by atoms with Crippen LogP contribution in [0, 0.1) is 11.8 Å². The highest BCUT2D eigenvalue weighted by molar-refractivity contribution is 6.36. The molecule has 0 bridgehead atoms. The number of piperidine rings is 1. The molecule has 1 fully saturated rings. The molecule has 2 N–H and O–H groups in total. The van der Waals surface area contributed by atoms with Gasteiger partial charge in [-0.15, -0.1) is 10.2 Å². The van der Waals surface area contributed by atoms with Gasteiger partial charge >= 0.3 is 0 Å². The predicted molar refractivity (Wildman–Crippen MR) is 149 cm³/mol. The highest BCUT2D eigenvalue weighted by Gasteiger charge is 2.30. The van der Waals surface area contributed by atoms with Gasteiger partial charge < -0.3 is 10.6 Å². The van der Waals surface area contributed by atoms with Gasteiger partial charge in [-0.2, -0.15) is 0 Å². The molecule has 4 aromatic rings. The monoisotopic (exact) mass is 535 g/mol. The number of halogens is 2. The number of fused-ring (bicyclic) bond motifs is 1. The normalized spacial score (nSPS) is 18.4. The van der Waals surface area contributed by atoms with Crippen molar-refractivity contribution in [1.29, 1.82) is 0 Å². The summed E-state index contributed by atoms with van der Waals surface area (Å²) in [5.74, 6) is 1.62. The summed E-state index contributed by atoms with van der Waals surface area (Å²) in [7, 11) is 2.17. The van der Waals surface area contributed by atoms with Crippen LogP contribution in [0.25, 0.3) is 16.8 Å². The van der Waals surface area contributed by atoms with Crippen molar-refractivity contribution in [2.24, 2.45) is 17.6 Å². The van der Waals surface area contributed by atoms with Crippen molar-refractivity contribution in [1.82, 2.24) is 19.5 Å². The molecule has 2 atom stereocenters. The number of carbonyl (C=O) groups excluding carboxylic acids is 1. The Morgan fingerprint density at radius 1 is 1.05 bits per heavy atom. The fourth-order valence-electron chi connectivity index (χ4n) is 5.48. The van der Waals surface area contributed by atoms with Gasteiger partial charge in [-0.25, -0.2) is 0 Å². The smallest absolute Gasteiger partial charge is 0.161 e. The number of Topliss-reactive ketones (excluding diaryl/α,β-unsaturated/α-hetero) is 1. The fraction of sp³-hybridized carbons (Fsp3) is 0.345. The number of carbonyl (C=O) groups is 1. The first-order valence-corrected chi connectivity index (χ1v) is 13.4. The van der Waals surface area contributed by atoms with Crippen LogP contribution < -0.4 is 5.73 Å². The summed E-state index contributed by atoms with van der Waals surface area (Å²) in [5, 5.41) is 9.80. The lowest BCUT2D eigenvalue weighted by Crippen LogP contribution is -2.40. The fourth-order valence-corrected chi connectivity index (χ4v) is 5.99. The van der Waals surface area contributed by atoms with Crippen molar-refractivity contribution in [2.45, 2.75) is 32.2 Å². The lowest BCUT2D eigenvalue weighted by molar-refractivity contribution is -0.120. The van der Waals surface area contributed by atoms with Crippen molar-refractivity contribution < 1.29 is 4.79 Å². The van der Waals surface area contributed by atoms with Gasteiger partial charge in [0.15, 0.2) is 5.65 Å². The molecule has 0 amide bonds. The van der Waals surface area contributed by atoms with Crippen LogP contribution in [-0.4, -0.2) is 45.4 Å². The van der Waals surface area contributed by atoms with Crippen LogP contribution in [0.1, 0.15) is 29.8 Å². The number of nitrogens with zero attached hydrogens (tertiary/aromatic N) is 4. The highest BCUT2D eigenvalue weighted by Crippen LogP contribution is 2.34. The molecule has 3 heterocycles. The Morgan fingerprint density at radius 2 is 1.86 bits per heavy atom. The van der Waals surface area contributed by atoms with Gasteiger partial charge in [0.25, 0.3) is 0 Å². The first-order valence-electron chi connectivity index (χ1n) is 12.7. The second kappa shape index (κ2) is 11.3. The summed E-state index contributed by atoms with van der Waals surface area (Å²) in [6.45, 7) is 2.35. The van der Waals surface area contributed by atoms with E-state index in [-0.39, 0.29) is 12.2 Å². The third-order valence-corrected chi connectivity index (χ3v) is 7.97. The average Bonchev–Trinajstić information content (AvgIpc) is 3.27. The number of benzene rings is 2. The first-order chi connectivity index (χ1) is 17.9. The van der Waals surface area contributed by atoms with E-state index in [1.54, 1.807) is 12.1 Å². The molecule has 6 nitrogen and oxygen atoms in total. The lowest BCUT2D eigenvalue weighted by atomic mass is 9.78. The summed E-state index contributed by atoms with van der Waals surface area (Å²) < 4.78 is 1.88. The van der Waals surface area contributed by atoms with E-state index in [0.29, 0.717) is 46.3 Å². The molecule has 1 aliphatic heterocycles. The Labute approximate surface area is 227 Å². The zero-order valence-electron chi connectivity index (χ0n) is 20.9. The van der Waals surface area contributed by atoms with E-state index in [1.165, 1.54) is 5.56 Å². The SMILES string of the molecule is CN1CCC(CC(=O)Cc2nnc3cc(CN)c(-c4ccc(Cl)cc4Cl)cn23)[C@@H](Cc2ccccc2)C1. The van der Waals surface area contributed by atoms with E-state index in [9.17, 15) is 4.79 Å². The van der Waals surface area contributed by atoms with Gasteiger partial charge in [0.2, 0.25) is 0 Å². The van der Waals surface area contributed by atoms with Crippen LogP contribution in [0.4, 0.5) is 0 Å². The molecule has 0 radical (unpaired) electrons. The zero-order valence-corrected chi connectivity index (χ0v) is 22.4. The van der Waals surface area contributed by atoms with Gasteiger partial charge in [0.1, 0.15) is 11.6 Å². The molecule has 2 aromatic carbocycles. The molecule has 192 valence electrons. The number of hydrogen-bond donors (Lipinski definition) is 1. The molecule has 1 aliphatic rings. The van der Waals surface area contributed by atoms with E-state index in [0.717, 1.165) is 42.6 Å². The largest absolute Gasteiger partial charge is 0.326 e. The maximum atomic E-state index is 13.3. The lowest BCUT2D eigenvalue weighted by Gasteiger charge is -2.36. The number of nitrogens with two attached hydrogens (primary N) is 1. The maximum absolute atomic E-state index is 13.3. The molecule has 1 saturated heterocycles. The minimum atomic E-state index is 0.191. The van der Waals surface area contributed by atoms with Gasteiger partial charge in [-0.3, -0.25) is 9.20 Å². The molecule has 0 aliphatic carbocycles. The molecule has 5 rings (SSSR count). The molecule has 0 spiro atoms. The maximum Gasteiger partial charge on any atom is 0.161 e. The minimum Gasteiger partial charge on any atom is -0.326 e. The van der Waals surface area contributed by atoms with Crippen molar-refractivity contribution in [3.63, 3.8) is 0 Å². The summed E-state index contributed by atoms with van der Waals surface area (Å²) in [4.78, 5) is 15.7. The Bertz CT molecular complexity index is 1400. The third kappa shape index (κ3) is 5.88. The summed E-state index contributed by atoms with van der Waals surface area (Å²) in [6.07, 6.45) is 4.74. The average molecular weight is 537 g/mol. The van der Waals surface area contributed by atoms with Gasteiger partial charge in [-0.1, -0.05) is 59.6 Å². The standard InChI is InChI=1S/C29H31Cl2N5O/c1-35-10-9-20(22(17-35)11-19-5-3-2-4-6-19)12-24(37)15-29-34-33-28-13-21(16-32)26(18-36(28)29)25-8-7-23(30)14-27(25)31/h2-8,13-14,18,20,22H,9-12,15-17,32H2,1H3/t20?,22-/m0/s1. The quantitative estimate of drug-likeness (QED) is 0.323. The second-order valence-electron chi connectivity index (χ2n) is 10.1. The van der Waals surface area contributed by atoms with Gasteiger partial charge in [0.05, 0.1) is 6.42 Å². The van der Waals surface area contributed by atoms with Crippen LogP contribution >= 0.6 is 23.2 Å². The topological polar surface area (TPSA) is 76.5 Å². The Balaban J connectivity index is 1.37. The van der Waals surface area contributed by atoms with Crippen molar-refractivity contribution in [3.05, 3.63) is 87.8 Å². The minimum absolute atomic E-state index is 0.191. The van der Waals surface area contributed by atoms with E-state index < -0.39 is 0 Å². The Hall–Kier alpha value is -2.77. The van der Waals surface area contributed by atoms with Crippen molar-refractivity contribution in [2.75, 3.05) is 20.1 Å². The zero-order chi connectivity index (χ0) is 25.9. The second-order valence-corrected chi connectivity index (χ2v) is 10.9. The predicted octanol–water partition coefficient (Wildman–Crippen LogP) is 5.47. The van der Waals surface area contributed by atoms with Crippen LogP contribution in [0.15, 0.2) is 60.8 Å². The van der Waals surface area contributed by atoms with Crippen LogP contribution in [0.2, 0.25) is 10.0 Å². The summed E-state index contributed by atoms with van der Waals surface area (Å²) in [5.41, 5.74) is 10.6. The van der Waals surface area contributed by atoms with E-state index in [1.807, 2.05) is 28.8 Å². The number of aromatic nitrogens is 3. The van der Waals surface area contributed by atoms with Crippen molar-refractivity contribution in [3.8, 4) is 11.1 Å². The van der Waals surface area contributed by atoms with E-state index in [2.05, 4.69) is 46.4 Å². The molecule has 2 aromatic heterocycles. The number of hydrogen-bond acceptors (Lipinski definition) is 5. The molecule has 8 heteroatoms. The summed E-state index contributed by atoms with van der Waals surface area (Å²) in [6, 6.07) is 17.9. The van der Waals surface area contributed by atoms with Gasteiger partial charge in [0, 0.05) is 46.9 Å². The van der Waals surface area contributed by atoms with Crippen molar-refractivity contribution >= 4 is 34.6 Å². The Morgan fingerprint density at radius 3 is 2.62 bits per heavy atom. The first kappa shape index (κ1) is 25.9. The molecule has 37 heavy (non-hydrogen) atoms. The highest BCUT2D eigenvalue weighted by atomic mass is 35.5. The number of pyridine rings is 1. The molecule has 1 unspecified atom stereocenters. The van der Waals surface area contributed by atoms with Crippen LogP contribution in [0.3, 0.4) is 0 Å². The van der Waals surface area contributed by atoms with Crippen LogP contribution in [-0.2, 0) is 24.2 Å². The number of rotatable bonds is 8.